The Morgan fingerprint density at radius 3 is 2.35 bits per heavy atom. The number of hydrogen-bond donors (Lipinski definition) is 1. The normalized spacial score (nSPS) is 14.4. The Kier molecular flexibility index (Phi) is 4.93. The number of amides is 2. The standard InChI is InChI=1S/C20H21FN2O3/c1-20(2,26-17-11-5-14(21)6-12-17)19(25)22-15-7-9-16(10-8-15)23-13-3-4-18(23)24/h5-12H,3-4,13H2,1-2H3,(H,22,25). The van der Waals surface area contributed by atoms with Crippen molar-refractivity contribution < 1.29 is 18.7 Å². The van der Waals surface area contributed by atoms with Gasteiger partial charge in [-0.15, -0.1) is 0 Å². The van der Waals surface area contributed by atoms with Gasteiger partial charge in [-0.1, -0.05) is 0 Å². The van der Waals surface area contributed by atoms with Crippen LogP contribution in [0.2, 0.25) is 0 Å². The maximum atomic E-state index is 13.0. The van der Waals surface area contributed by atoms with Crippen molar-refractivity contribution in [3.05, 3.63) is 54.3 Å². The van der Waals surface area contributed by atoms with E-state index in [-0.39, 0.29) is 17.6 Å². The summed E-state index contributed by atoms with van der Waals surface area (Å²) >= 11 is 0. The molecule has 0 unspecified atom stereocenters. The molecule has 0 aromatic heterocycles. The summed E-state index contributed by atoms with van der Waals surface area (Å²) in [4.78, 5) is 26.0. The first-order valence-electron chi connectivity index (χ1n) is 8.52. The van der Waals surface area contributed by atoms with Crippen LogP contribution in [0.4, 0.5) is 15.8 Å². The first-order valence-corrected chi connectivity index (χ1v) is 8.52. The molecule has 2 amide bonds. The van der Waals surface area contributed by atoms with E-state index in [0.717, 1.165) is 18.7 Å². The lowest BCUT2D eigenvalue weighted by atomic mass is 10.1. The lowest BCUT2D eigenvalue weighted by molar-refractivity contribution is -0.128. The van der Waals surface area contributed by atoms with E-state index in [1.54, 1.807) is 30.9 Å². The number of anilines is 2. The molecule has 5 nitrogen and oxygen atoms in total. The summed E-state index contributed by atoms with van der Waals surface area (Å²) in [6, 6.07) is 12.7. The molecule has 6 heteroatoms. The molecule has 26 heavy (non-hydrogen) atoms. The molecule has 0 atom stereocenters. The molecule has 3 rings (SSSR count). The van der Waals surface area contributed by atoms with Crippen LogP contribution in [0, 0.1) is 5.82 Å². The zero-order valence-electron chi connectivity index (χ0n) is 14.8. The molecule has 0 saturated carbocycles. The van der Waals surface area contributed by atoms with Crippen molar-refractivity contribution in [2.24, 2.45) is 0 Å². The van der Waals surface area contributed by atoms with Crippen molar-refractivity contribution in [1.82, 2.24) is 0 Å². The molecule has 2 aromatic rings. The molecule has 2 aromatic carbocycles. The molecule has 0 spiro atoms. The molecule has 1 heterocycles. The molecule has 1 aliphatic rings. The van der Waals surface area contributed by atoms with E-state index in [2.05, 4.69) is 5.32 Å². The number of carbonyl (C=O) groups is 2. The van der Waals surface area contributed by atoms with Crippen molar-refractivity contribution in [3.63, 3.8) is 0 Å². The Balaban J connectivity index is 1.64. The summed E-state index contributed by atoms with van der Waals surface area (Å²) < 4.78 is 18.7. The van der Waals surface area contributed by atoms with Crippen LogP contribution in [-0.2, 0) is 9.59 Å². The Morgan fingerprint density at radius 1 is 1.12 bits per heavy atom. The van der Waals surface area contributed by atoms with Gasteiger partial charge >= 0.3 is 0 Å². The van der Waals surface area contributed by atoms with Gasteiger partial charge in [0.15, 0.2) is 5.60 Å². The average molecular weight is 356 g/mol. The van der Waals surface area contributed by atoms with E-state index in [1.807, 2.05) is 12.1 Å². The summed E-state index contributed by atoms with van der Waals surface area (Å²) in [7, 11) is 0. The van der Waals surface area contributed by atoms with Gasteiger partial charge in [-0.3, -0.25) is 9.59 Å². The SMILES string of the molecule is CC(C)(Oc1ccc(F)cc1)C(=O)Nc1ccc(N2CCCC2=O)cc1. The summed E-state index contributed by atoms with van der Waals surface area (Å²) in [6.07, 6.45) is 1.44. The van der Waals surface area contributed by atoms with Crippen LogP contribution >= 0.6 is 0 Å². The Morgan fingerprint density at radius 2 is 1.77 bits per heavy atom. The van der Waals surface area contributed by atoms with Gasteiger partial charge in [-0.25, -0.2) is 4.39 Å². The van der Waals surface area contributed by atoms with E-state index in [1.165, 1.54) is 24.3 Å². The predicted octanol–water partition coefficient (Wildman–Crippen LogP) is 3.75. The van der Waals surface area contributed by atoms with E-state index in [9.17, 15) is 14.0 Å². The number of nitrogens with one attached hydrogen (secondary N) is 1. The van der Waals surface area contributed by atoms with Gasteiger partial charge in [0.25, 0.3) is 5.91 Å². The lowest BCUT2D eigenvalue weighted by Gasteiger charge is -2.25. The maximum absolute atomic E-state index is 13.0. The third-order valence-corrected chi connectivity index (χ3v) is 4.24. The number of nitrogens with zero attached hydrogens (tertiary/aromatic N) is 1. The minimum atomic E-state index is -1.14. The average Bonchev–Trinajstić information content (AvgIpc) is 3.03. The third-order valence-electron chi connectivity index (χ3n) is 4.24. The molecule has 0 bridgehead atoms. The lowest BCUT2D eigenvalue weighted by Crippen LogP contribution is -2.42. The van der Waals surface area contributed by atoms with Crippen LogP contribution in [-0.4, -0.2) is 24.0 Å². The fraction of sp³-hybridized carbons (Fsp3) is 0.300. The summed E-state index contributed by atoms with van der Waals surface area (Å²) in [6.45, 7) is 4.01. The second-order valence-electron chi connectivity index (χ2n) is 6.72. The molecule has 0 aliphatic carbocycles. The number of ether oxygens (including phenoxy) is 1. The molecule has 1 N–H and O–H groups in total. The molecule has 1 fully saturated rings. The number of halogens is 1. The molecule has 136 valence electrons. The number of hydrogen-bond acceptors (Lipinski definition) is 3. The predicted molar refractivity (Wildman–Crippen MR) is 97.8 cm³/mol. The molecular weight excluding hydrogens is 335 g/mol. The largest absolute Gasteiger partial charge is 0.478 e. The second-order valence-corrected chi connectivity index (χ2v) is 6.72. The van der Waals surface area contributed by atoms with Crippen LogP contribution in [0.15, 0.2) is 48.5 Å². The van der Waals surface area contributed by atoms with Crippen molar-refractivity contribution in [2.45, 2.75) is 32.3 Å². The van der Waals surface area contributed by atoms with Crippen molar-refractivity contribution in [2.75, 3.05) is 16.8 Å². The highest BCUT2D eigenvalue weighted by atomic mass is 19.1. The Hall–Kier alpha value is -2.89. The number of rotatable bonds is 5. The van der Waals surface area contributed by atoms with Crippen LogP contribution in [0.1, 0.15) is 26.7 Å². The van der Waals surface area contributed by atoms with Gasteiger partial charge < -0.3 is 15.0 Å². The van der Waals surface area contributed by atoms with Gasteiger partial charge in [-0.05, 0) is 68.8 Å². The molecule has 1 aliphatic heterocycles. The highest BCUT2D eigenvalue weighted by Crippen LogP contribution is 2.24. The van der Waals surface area contributed by atoms with Crippen LogP contribution in [0.3, 0.4) is 0 Å². The molecular formula is C20H21FN2O3. The minimum Gasteiger partial charge on any atom is -0.478 e. The van der Waals surface area contributed by atoms with Gasteiger partial charge in [-0.2, -0.15) is 0 Å². The van der Waals surface area contributed by atoms with Crippen molar-refractivity contribution >= 4 is 23.2 Å². The number of carbonyl (C=O) groups excluding carboxylic acids is 2. The van der Waals surface area contributed by atoms with Gasteiger partial charge in [0.1, 0.15) is 11.6 Å². The van der Waals surface area contributed by atoms with Gasteiger partial charge in [0, 0.05) is 24.3 Å². The van der Waals surface area contributed by atoms with Crippen molar-refractivity contribution in [1.29, 1.82) is 0 Å². The van der Waals surface area contributed by atoms with E-state index >= 15 is 0 Å². The Bertz CT molecular complexity index is 801. The Labute approximate surface area is 151 Å². The van der Waals surface area contributed by atoms with Crippen molar-refractivity contribution in [3.8, 4) is 5.75 Å². The number of benzene rings is 2. The summed E-state index contributed by atoms with van der Waals surface area (Å²) in [5, 5.41) is 2.80. The van der Waals surface area contributed by atoms with E-state index in [4.69, 9.17) is 4.74 Å². The molecule has 1 saturated heterocycles. The van der Waals surface area contributed by atoms with Crippen LogP contribution < -0.4 is 15.0 Å². The highest BCUT2D eigenvalue weighted by Gasteiger charge is 2.30. The van der Waals surface area contributed by atoms with Crippen LogP contribution in [0.5, 0.6) is 5.75 Å². The highest BCUT2D eigenvalue weighted by molar-refractivity contribution is 5.98. The van der Waals surface area contributed by atoms with E-state index < -0.39 is 5.60 Å². The monoisotopic (exact) mass is 356 g/mol. The fourth-order valence-corrected chi connectivity index (χ4v) is 2.77. The topological polar surface area (TPSA) is 58.6 Å². The quantitative estimate of drug-likeness (QED) is 0.888. The summed E-state index contributed by atoms with van der Waals surface area (Å²) in [5.74, 6) is -0.159. The summed E-state index contributed by atoms with van der Waals surface area (Å²) in [5.41, 5.74) is 0.301. The third kappa shape index (κ3) is 4.02. The smallest absolute Gasteiger partial charge is 0.267 e. The molecule has 0 radical (unpaired) electrons. The fourth-order valence-electron chi connectivity index (χ4n) is 2.77. The first-order chi connectivity index (χ1) is 12.3. The van der Waals surface area contributed by atoms with Gasteiger partial charge in [0.05, 0.1) is 0 Å². The zero-order chi connectivity index (χ0) is 18.7. The zero-order valence-corrected chi connectivity index (χ0v) is 14.8. The minimum absolute atomic E-state index is 0.121. The van der Waals surface area contributed by atoms with Gasteiger partial charge in [0.2, 0.25) is 5.91 Å². The first kappa shape index (κ1) is 17.9. The second kappa shape index (κ2) is 7.15. The maximum Gasteiger partial charge on any atom is 0.267 e. The van der Waals surface area contributed by atoms with Crippen LogP contribution in [0.25, 0.3) is 0 Å². The van der Waals surface area contributed by atoms with E-state index in [0.29, 0.717) is 17.9 Å².